The summed E-state index contributed by atoms with van der Waals surface area (Å²) in [6.45, 7) is 3.61. The molecule has 96 valence electrons. The van der Waals surface area contributed by atoms with Crippen LogP contribution in [0.25, 0.3) is 0 Å². The van der Waals surface area contributed by atoms with Crippen LogP contribution in [-0.4, -0.2) is 25.9 Å². The molecule has 2 heterocycles. The molecule has 2 aromatic rings. The minimum Gasteiger partial charge on any atom is -0.338 e. The van der Waals surface area contributed by atoms with Crippen LogP contribution in [0.4, 0.5) is 5.88 Å². The van der Waals surface area contributed by atoms with Crippen LogP contribution < -0.4 is 5.32 Å². The summed E-state index contributed by atoms with van der Waals surface area (Å²) < 4.78 is 6.80. The van der Waals surface area contributed by atoms with E-state index in [0.717, 1.165) is 10.9 Å². The van der Waals surface area contributed by atoms with Crippen LogP contribution in [0.3, 0.4) is 0 Å². The predicted octanol–water partition coefficient (Wildman–Crippen LogP) is 1.84. The number of hydrogen-bond acceptors (Lipinski definition) is 5. The van der Waals surface area contributed by atoms with Crippen LogP contribution in [0.5, 0.6) is 0 Å². The Bertz CT molecular complexity index is 549. The Balaban J connectivity index is 1.95. The van der Waals surface area contributed by atoms with Crippen LogP contribution in [-0.2, 0) is 11.8 Å². The Morgan fingerprint density at radius 2 is 2.39 bits per heavy atom. The van der Waals surface area contributed by atoms with Crippen molar-refractivity contribution in [2.45, 2.75) is 24.3 Å². The topological polar surface area (TPSA) is 73.0 Å². The van der Waals surface area contributed by atoms with Crippen LogP contribution in [0.1, 0.15) is 12.6 Å². The van der Waals surface area contributed by atoms with E-state index in [9.17, 15) is 4.79 Å². The molecule has 0 spiro atoms. The highest BCUT2D eigenvalue weighted by molar-refractivity contribution is 8.00. The summed E-state index contributed by atoms with van der Waals surface area (Å²) in [6.07, 6.45) is 3.54. The summed E-state index contributed by atoms with van der Waals surface area (Å²) >= 11 is 1.39. The lowest BCUT2D eigenvalue weighted by Crippen LogP contribution is -2.22. The van der Waals surface area contributed by atoms with Gasteiger partial charge in [-0.15, -0.1) is 0 Å². The van der Waals surface area contributed by atoms with Gasteiger partial charge in [-0.2, -0.15) is 0 Å². The van der Waals surface area contributed by atoms with Crippen LogP contribution in [0, 0.1) is 6.92 Å². The van der Waals surface area contributed by atoms with Crippen molar-refractivity contribution in [3.63, 3.8) is 0 Å². The van der Waals surface area contributed by atoms with E-state index in [4.69, 9.17) is 4.52 Å². The second-order valence-corrected chi connectivity index (χ2v) is 5.21. The van der Waals surface area contributed by atoms with Crippen molar-refractivity contribution in [2.24, 2.45) is 7.05 Å². The SMILES string of the molecule is Cc1cc(NC(=O)[C@H](C)Sc2nccn2C)on1. The number of aryl methyl sites for hydroxylation is 2. The van der Waals surface area contributed by atoms with Gasteiger partial charge in [0, 0.05) is 25.5 Å². The standard InChI is InChI=1S/C11H14N4O2S/c1-7-6-9(17-14-7)13-10(16)8(2)18-11-12-4-5-15(11)3/h4-6,8H,1-3H3,(H,13,16)/t8-/m0/s1. The monoisotopic (exact) mass is 266 g/mol. The molecule has 1 atom stereocenters. The Morgan fingerprint density at radius 1 is 1.61 bits per heavy atom. The van der Waals surface area contributed by atoms with E-state index in [-0.39, 0.29) is 11.2 Å². The number of anilines is 1. The Labute approximate surface area is 109 Å². The van der Waals surface area contributed by atoms with Crippen molar-refractivity contribution in [1.82, 2.24) is 14.7 Å². The fourth-order valence-electron chi connectivity index (χ4n) is 1.32. The molecular weight excluding hydrogens is 252 g/mol. The highest BCUT2D eigenvalue weighted by Gasteiger charge is 2.18. The number of nitrogens with one attached hydrogen (secondary N) is 1. The summed E-state index contributed by atoms with van der Waals surface area (Å²) in [5, 5.41) is 6.90. The van der Waals surface area contributed by atoms with Crippen molar-refractivity contribution in [3.8, 4) is 0 Å². The zero-order valence-electron chi connectivity index (χ0n) is 10.4. The van der Waals surface area contributed by atoms with Gasteiger partial charge in [-0.1, -0.05) is 16.9 Å². The normalized spacial score (nSPS) is 12.4. The maximum absolute atomic E-state index is 11.9. The lowest BCUT2D eigenvalue weighted by molar-refractivity contribution is -0.115. The van der Waals surface area contributed by atoms with E-state index < -0.39 is 0 Å². The zero-order valence-corrected chi connectivity index (χ0v) is 11.2. The van der Waals surface area contributed by atoms with Gasteiger partial charge < -0.3 is 9.09 Å². The molecule has 0 bridgehead atoms. The Hall–Kier alpha value is -1.76. The van der Waals surface area contributed by atoms with Crippen molar-refractivity contribution in [2.75, 3.05) is 5.32 Å². The van der Waals surface area contributed by atoms with E-state index >= 15 is 0 Å². The van der Waals surface area contributed by atoms with Crippen LogP contribution >= 0.6 is 11.8 Å². The van der Waals surface area contributed by atoms with Crippen molar-refractivity contribution in [1.29, 1.82) is 0 Å². The smallest absolute Gasteiger partial charge is 0.240 e. The molecule has 1 N–H and O–H groups in total. The van der Waals surface area contributed by atoms with Crippen LogP contribution in [0.2, 0.25) is 0 Å². The second kappa shape index (κ2) is 5.26. The predicted molar refractivity (Wildman–Crippen MR) is 68.4 cm³/mol. The maximum Gasteiger partial charge on any atom is 0.240 e. The minimum atomic E-state index is -0.267. The highest BCUT2D eigenvalue weighted by atomic mass is 32.2. The quantitative estimate of drug-likeness (QED) is 0.855. The van der Waals surface area contributed by atoms with Gasteiger partial charge in [-0.3, -0.25) is 10.1 Å². The van der Waals surface area contributed by atoms with E-state index in [1.54, 1.807) is 19.2 Å². The molecule has 0 saturated heterocycles. The first-order valence-electron chi connectivity index (χ1n) is 5.44. The number of carbonyl (C=O) groups excluding carboxylic acids is 1. The molecule has 0 aliphatic heterocycles. The summed E-state index contributed by atoms with van der Waals surface area (Å²) in [7, 11) is 1.89. The molecule has 18 heavy (non-hydrogen) atoms. The van der Waals surface area contributed by atoms with Gasteiger partial charge >= 0.3 is 0 Å². The Morgan fingerprint density at radius 3 is 2.94 bits per heavy atom. The molecule has 0 aliphatic carbocycles. The maximum atomic E-state index is 11.9. The van der Waals surface area contributed by atoms with E-state index in [1.165, 1.54) is 11.8 Å². The molecule has 1 amide bonds. The van der Waals surface area contributed by atoms with Gasteiger partial charge in [0.05, 0.1) is 10.9 Å². The molecular formula is C11H14N4O2S. The largest absolute Gasteiger partial charge is 0.338 e. The summed E-state index contributed by atoms with van der Waals surface area (Å²) in [5.74, 6) is 0.226. The Kier molecular flexibility index (Phi) is 3.71. The fraction of sp³-hybridized carbons (Fsp3) is 0.364. The lowest BCUT2D eigenvalue weighted by atomic mass is 10.4. The molecule has 0 aliphatic rings. The van der Waals surface area contributed by atoms with E-state index in [0.29, 0.717) is 5.88 Å². The molecule has 2 aromatic heterocycles. The molecule has 0 fully saturated rings. The molecule has 0 saturated carbocycles. The van der Waals surface area contributed by atoms with E-state index in [1.807, 2.05) is 24.7 Å². The number of aromatic nitrogens is 3. The van der Waals surface area contributed by atoms with Gasteiger partial charge in [0.25, 0.3) is 0 Å². The molecule has 6 nitrogen and oxygen atoms in total. The number of carbonyl (C=O) groups is 1. The van der Waals surface area contributed by atoms with Gasteiger partial charge in [0.15, 0.2) is 5.16 Å². The van der Waals surface area contributed by atoms with E-state index in [2.05, 4.69) is 15.5 Å². The molecule has 7 heteroatoms. The van der Waals surface area contributed by atoms with Gasteiger partial charge in [-0.25, -0.2) is 4.98 Å². The average molecular weight is 266 g/mol. The molecule has 2 rings (SSSR count). The average Bonchev–Trinajstić information content (AvgIpc) is 2.89. The molecule has 0 radical (unpaired) electrons. The van der Waals surface area contributed by atoms with Crippen LogP contribution in [0.15, 0.2) is 28.1 Å². The van der Waals surface area contributed by atoms with Gasteiger partial charge in [-0.05, 0) is 13.8 Å². The first kappa shape index (κ1) is 12.7. The third-order valence-electron chi connectivity index (χ3n) is 2.30. The highest BCUT2D eigenvalue weighted by Crippen LogP contribution is 2.22. The second-order valence-electron chi connectivity index (χ2n) is 3.90. The number of thioether (sulfide) groups is 1. The zero-order chi connectivity index (χ0) is 13.1. The van der Waals surface area contributed by atoms with Crippen molar-refractivity contribution >= 4 is 23.6 Å². The summed E-state index contributed by atoms with van der Waals surface area (Å²) in [6, 6.07) is 1.68. The third-order valence-corrected chi connectivity index (χ3v) is 3.47. The number of rotatable bonds is 4. The molecule has 0 unspecified atom stereocenters. The fourth-order valence-corrected chi connectivity index (χ4v) is 2.15. The van der Waals surface area contributed by atoms with Gasteiger partial charge in [0.2, 0.25) is 11.8 Å². The van der Waals surface area contributed by atoms with Crippen molar-refractivity contribution < 1.29 is 9.32 Å². The first-order valence-corrected chi connectivity index (χ1v) is 6.32. The number of amides is 1. The van der Waals surface area contributed by atoms with Crippen molar-refractivity contribution in [3.05, 3.63) is 24.2 Å². The summed E-state index contributed by atoms with van der Waals surface area (Å²) in [5.41, 5.74) is 0.731. The number of nitrogens with zero attached hydrogens (tertiary/aromatic N) is 3. The molecule has 0 aromatic carbocycles. The lowest BCUT2D eigenvalue weighted by Gasteiger charge is -2.09. The summed E-state index contributed by atoms with van der Waals surface area (Å²) in [4.78, 5) is 16.1. The first-order chi connectivity index (χ1) is 8.56. The number of hydrogen-bond donors (Lipinski definition) is 1. The van der Waals surface area contributed by atoms with Gasteiger partial charge in [0.1, 0.15) is 0 Å². The third kappa shape index (κ3) is 2.92. The minimum absolute atomic E-state index is 0.140. The number of imidazole rings is 1.